The predicted molar refractivity (Wildman–Crippen MR) is 69.6 cm³/mol. The number of hydrogen-bond donors (Lipinski definition) is 2. The summed E-state index contributed by atoms with van der Waals surface area (Å²) in [5.41, 5.74) is 5.65. The van der Waals surface area contributed by atoms with Crippen molar-refractivity contribution in [3.63, 3.8) is 0 Å². The Morgan fingerprint density at radius 2 is 2.39 bits per heavy atom. The first-order valence-corrected chi connectivity index (χ1v) is 7.46. The van der Waals surface area contributed by atoms with E-state index in [1.807, 2.05) is 6.92 Å². The molecular weight excluding hydrogens is 254 g/mol. The number of hydrogen-bond acceptors (Lipinski definition) is 5. The summed E-state index contributed by atoms with van der Waals surface area (Å²) >= 11 is 0. The molecule has 0 saturated carbocycles. The van der Waals surface area contributed by atoms with Crippen LogP contribution < -0.4 is 11.1 Å². The normalized spacial score (nSPS) is 14.2. The first-order valence-electron chi connectivity index (χ1n) is 5.74. The Labute approximate surface area is 109 Å². The SMILES string of the molecule is CC(CCS(C)=O)NC(=O)c1cn(CCN)nn1. The smallest absolute Gasteiger partial charge is 0.273 e. The van der Waals surface area contributed by atoms with Gasteiger partial charge >= 0.3 is 0 Å². The van der Waals surface area contributed by atoms with E-state index >= 15 is 0 Å². The molecule has 102 valence electrons. The van der Waals surface area contributed by atoms with Gasteiger partial charge in [0.2, 0.25) is 0 Å². The number of carbonyl (C=O) groups excluding carboxylic acids is 1. The summed E-state index contributed by atoms with van der Waals surface area (Å²) < 4.78 is 12.5. The van der Waals surface area contributed by atoms with Crippen molar-refractivity contribution in [2.45, 2.75) is 25.9 Å². The summed E-state index contributed by atoms with van der Waals surface area (Å²) in [7, 11) is -0.841. The highest BCUT2D eigenvalue weighted by Gasteiger charge is 2.13. The van der Waals surface area contributed by atoms with Crippen LogP contribution >= 0.6 is 0 Å². The first-order chi connectivity index (χ1) is 8.52. The molecular formula is C10H19N5O2S. The third kappa shape index (κ3) is 4.92. The quantitative estimate of drug-likeness (QED) is 0.672. The molecule has 18 heavy (non-hydrogen) atoms. The molecule has 0 radical (unpaired) electrons. The molecule has 2 atom stereocenters. The maximum absolute atomic E-state index is 11.8. The molecule has 0 spiro atoms. The standard InChI is InChI=1S/C10H19N5O2S/c1-8(3-6-18(2)17)12-10(16)9-7-15(5-4-11)14-13-9/h7-8H,3-6,11H2,1-2H3,(H,12,16). The largest absolute Gasteiger partial charge is 0.348 e. The first kappa shape index (κ1) is 14.8. The number of rotatable bonds is 7. The number of carbonyl (C=O) groups is 1. The Balaban J connectivity index is 2.45. The molecule has 0 aromatic carbocycles. The summed E-state index contributed by atoms with van der Waals surface area (Å²) in [4.78, 5) is 11.8. The van der Waals surface area contributed by atoms with Crippen molar-refractivity contribution in [3.05, 3.63) is 11.9 Å². The Kier molecular flexibility index (Phi) is 5.93. The highest BCUT2D eigenvalue weighted by molar-refractivity contribution is 7.84. The zero-order valence-corrected chi connectivity index (χ0v) is 11.4. The second kappa shape index (κ2) is 7.22. The molecule has 1 aromatic heterocycles. The highest BCUT2D eigenvalue weighted by atomic mass is 32.2. The minimum atomic E-state index is -0.841. The maximum atomic E-state index is 11.8. The summed E-state index contributed by atoms with van der Waals surface area (Å²) in [5, 5.41) is 10.3. The minimum Gasteiger partial charge on any atom is -0.348 e. The summed E-state index contributed by atoms with van der Waals surface area (Å²) in [6.07, 6.45) is 3.88. The van der Waals surface area contributed by atoms with Crippen LogP contribution in [-0.2, 0) is 17.3 Å². The van der Waals surface area contributed by atoms with Gasteiger partial charge in [-0.3, -0.25) is 13.7 Å². The molecule has 8 heteroatoms. The fourth-order valence-corrected chi connectivity index (χ4v) is 2.04. The lowest BCUT2D eigenvalue weighted by atomic mass is 10.2. The van der Waals surface area contributed by atoms with E-state index in [0.717, 1.165) is 0 Å². The van der Waals surface area contributed by atoms with E-state index in [2.05, 4.69) is 15.6 Å². The minimum absolute atomic E-state index is 0.0407. The van der Waals surface area contributed by atoms with E-state index in [1.54, 1.807) is 12.5 Å². The molecule has 1 aromatic rings. The lowest BCUT2D eigenvalue weighted by Gasteiger charge is -2.11. The summed E-state index contributed by atoms with van der Waals surface area (Å²) in [6.45, 7) is 2.85. The topological polar surface area (TPSA) is 103 Å². The molecule has 0 saturated heterocycles. The molecule has 0 bridgehead atoms. The maximum Gasteiger partial charge on any atom is 0.273 e. The Bertz CT molecular complexity index is 420. The van der Waals surface area contributed by atoms with Crippen molar-refractivity contribution in [2.24, 2.45) is 5.73 Å². The van der Waals surface area contributed by atoms with Gasteiger partial charge in [-0.05, 0) is 13.3 Å². The molecule has 1 heterocycles. The van der Waals surface area contributed by atoms with Gasteiger partial charge in [-0.25, -0.2) is 0 Å². The highest BCUT2D eigenvalue weighted by Crippen LogP contribution is 1.97. The van der Waals surface area contributed by atoms with E-state index in [4.69, 9.17) is 5.73 Å². The van der Waals surface area contributed by atoms with Crippen LogP contribution in [0.5, 0.6) is 0 Å². The average Bonchev–Trinajstić information content (AvgIpc) is 2.75. The van der Waals surface area contributed by atoms with E-state index in [1.165, 1.54) is 4.68 Å². The fraction of sp³-hybridized carbons (Fsp3) is 0.700. The van der Waals surface area contributed by atoms with Crippen LogP contribution in [0, 0.1) is 0 Å². The van der Waals surface area contributed by atoms with Crippen LogP contribution in [-0.4, -0.2) is 49.7 Å². The van der Waals surface area contributed by atoms with E-state index in [-0.39, 0.29) is 17.6 Å². The van der Waals surface area contributed by atoms with Gasteiger partial charge in [-0.2, -0.15) is 0 Å². The zero-order valence-electron chi connectivity index (χ0n) is 10.6. The van der Waals surface area contributed by atoms with Crippen molar-refractivity contribution < 1.29 is 9.00 Å². The molecule has 3 N–H and O–H groups in total. The second-order valence-corrected chi connectivity index (χ2v) is 5.65. The number of amides is 1. The van der Waals surface area contributed by atoms with Gasteiger partial charge in [0.1, 0.15) is 0 Å². The van der Waals surface area contributed by atoms with E-state index in [0.29, 0.717) is 25.3 Å². The Morgan fingerprint density at radius 3 is 3.00 bits per heavy atom. The van der Waals surface area contributed by atoms with Crippen LogP contribution in [0.15, 0.2) is 6.20 Å². The molecule has 1 rings (SSSR count). The van der Waals surface area contributed by atoms with Crippen LogP contribution in [0.1, 0.15) is 23.8 Å². The van der Waals surface area contributed by atoms with Crippen LogP contribution in [0.3, 0.4) is 0 Å². The van der Waals surface area contributed by atoms with Crippen molar-refractivity contribution in [3.8, 4) is 0 Å². The van der Waals surface area contributed by atoms with Gasteiger partial charge < -0.3 is 11.1 Å². The molecule has 0 aliphatic carbocycles. The second-order valence-electron chi connectivity index (χ2n) is 4.10. The third-order valence-corrected chi connectivity index (χ3v) is 3.16. The van der Waals surface area contributed by atoms with Crippen molar-refractivity contribution >= 4 is 16.7 Å². The molecule has 0 aliphatic rings. The van der Waals surface area contributed by atoms with Gasteiger partial charge in [0.05, 0.1) is 12.7 Å². The van der Waals surface area contributed by atoms with E-state index in [9.17, 15) is 9.00 Å². The molecule has 0 aliphatic heterocycles. The fourth-order valence-electron chi connectivity index (χ4n) is 1.36. The van der Waals surface area contributed by atoms with Gasteiger partial charge in [-0.1, -0.05) is 5.21 Å². The van der Waals surface area contributed by atoms with Crippen LogP contribution in [0.4, 0.5) is 0 Å². The van der Waals surface area contributed by atoms with Crippen molar-refractivity contribution in [2.75, 3.05) is 18.6 Å². The third-order valence-electron chi connectivity index (χ3n) is 2.35. The lowest BCUT2D eigenvalue weighted by Crippen LogP contribution is -2.33. The molecule has 7 nitrogen and oxygen atoms in total. The van der Waals surface area contributed by atoms with Gasteiger partial charge in [-0.15, -0.1) is 5.10 Å². The molecule has 0 fully saturated rings. The van der Waals surface area contributed by atoms with E-state index < -0.39 is 10.8 Å². The van der Waals surface area contributed by atoms with Crippen LogP contribution in [0.25, 0.3) is 0 Å². The number of nitrogens with zero attached hydrogens (tertiary/aromatic N) is 3. The molecule has 1 amide bonds. The summed E-state index contributed by atoms with van der Waals surface area (Å²) in [6, 6.07) is -0.0407. The van der Waals surface area contributed by atoms with Gasteiger partial charge in [0.15, 0.2) is 5.69 Å². The molecule has 2 unspecified atom stereocenters. The summed E-state index contributed by atoms with van der Waals surface area (Å²) in [5.74, 6) is 0.300. The number of nitrogens with two attached hydrogens (primary N) is 1. The predicted octanol–water partition coefficient (Wildman–Crippen LogP) is -0.876. The number of nitrogens with one attached hydrogen (secondary N) is 1. The Hall–Kier alpha value is -1.28. The van der Waals surface area contributed by atoms with Gasteiger partial charge in [0, 0.05) is 35.4 Å². The van der Waals surface area contributed by atoms with Crippen molar-refractivity contribution in [1.29, 1.82) is 0 Å². The lowest BCUT2D eigenvalue weighted by molar-refractivity contribution is 0.0934. The van der Waals surface area contributed by atoms with Crippen molar-refractivity contribution in [1.82, 2.24) is 20.3 Å². The zero-order chi connectivity index (χ0) is 13.5. The Morgan fingerprint density at radius 1 is 1.67 bits per heavy atom. The van der Waals surface area contributed by atoms with Gasteiger partial charge in [0.25, 0.3) is 5.91 Å². The average molecular weight is 273 g/mol. The van der Waals surface area contributed by atoms with Crippen LogP contribution in [0.2, 0.25) is 0 Å². The number of aromatic nitrogens is 3. The monoisotopic (exact) mass is 273 g/mol.